The zero-order valence-corrected chi connectivity index (χ0v) is 14.3. The first-order chi connectivity index (χ1) is 10.9. The van der Waals surface area contributed by atoms with Gasteiger partial charge in [-0.15, -0.1) is 0 Å². The third kappa shape index (κ3) is 3.19. The van der Waals surface area contributed by atoms with Crippen LogP contribution in [0.3, 0.4) is 0 Å². The Balaban J connectivity index is 2.80. The number of esters is 2. The maximum Gasteiger partial charge on any atom is 0.339 e. The molecule has 2 rings (SSSR count). The number of hydrogen-bond acceptors (Lipinski definition) is 4. The molecular weight excluding hydrogens is 339 g/mol. The lowest BCUT2D eigenvalue weighted by atomic mass is 9.93. The van der Waals surface area contributed by atoms with E-state index < -0.39 is 11.9 Å². The van der Waals surface area contributed by atoms with E-state index in [1.54, 1.807) is 31.2 Å². The topological polar surface area (TPSA) is 52.6 Å². The van der Waals surface area contributed by atoms with Crippen molar-refractivity contribution in [3.63, 3.8) is 0 Å². The first-order valence-corrected chi connectivity index (χ1v) is 7.42. The van der Waals surface area contributed by atoms with Crippen LogP contribution in [0.15, 0.2) is 30.3 Å². The van der Waals surface area contributed by atoms with E-state index in [1.165, 1.54) is 20.3 Å². The SMILES string of the molecule is COC(=O)c1ccccc1-c1c(Cl)cc(Cl)c(C(=O)OC)c1C. The number of ether oxygens (including phenoxy) is 2. The highest BCUT2D eigenvalue weighted by molar-refractivity contribution is 6.38. The molecular formula is C17H14Cl2O4. The summed E-state index contributed by atoms with van der Waals surface area (Å²) in [6.45, 7) is 1.70. The number of halogens is 2. The van der Waals surface area contributed by atoms with Gasteiger partial charge in [-0.2, -0.15) is 0 Å². The van der Waals surface area contributed by atoms with Crippen molar-refractivity contribution in [3.8, 4) is 11.1 Å². The van der Waals surface area contributed by atoms with Gasteiger partial charge in [0.15, 0.2) is 0 Å². The predicted octanol–water partition coefficient (Wildman–Crippen LogP) is 4.54. The molecule has 0 aromatic heterocycles. The van der Waals surface area contributed by atoms with Gasteiger partial charge in [-0.05, 0) is 30.2 Å². The van der Waals surface area contributed by atoms with E-state index in [0.29, 0.717) is 27.3 Å². The van der Waals surface area contributed by atoms with E-state index in [9.17, 15) is 9.59 Å². The lowest BCUT2D eigenvalue weighted by Gasteiger charge is -2.16. The minimum Gasteiger partial charge on any atom is -0.465 e. The van der Waals surface area contributed by atoms with Crippen molar-refractivity contribution < 1.29 is 19.1 Å². The average Bonchev–Trinajstić information content (AvgIpc) is 2.53. The Hall–Kier alpha value is -2.04. The first kappa shape index (κ1) is 17.3. The minimum atomic E-state index is -0.569. The highest BCUT2D eigenvalue weighted by Gasteiger charge is 2.23. The van der Waals surface area contributed by atoms with E-state index >= 15 is 0 Å². The molecule has 0 bridgehead atoms. The molecule has 0 N–H and O–H groups in total. The quantitative estimate of drug-likeness (QED) is 0.760. The van der Waals surface area contributed by atoms with Crippen LogP contribution in [0.1, 0.15) is 26.3 Å². The first-order valence-electron chi connectivity index (χ1n) is 6.67. The Kier molecular flexibility index (Phi) is 5.29. The van der Waals surface area contributed by atoms with Gasteiger partial charge in [-0.1, -0.05) is 41.4 Å². The number of methoxy groups -OCH3 is 2. The zero-order valence-electron chi connectivity index (χ0n) is 12.8. The molecule has 6 heteroatoms. The third-order valence-corrected chi connectivity index (χ3v) is 4.07. The second-order valence-corrected chi connectivity index (χ2v) is 5.56. The lowest BCUT2D eigenvalue weighted by Crippen LogP contribution is -2.08. The number of carbonyl (C=O) groups is 2. The summed E-state index contributed by atoms with van der Waals surface area (Å²) in [6, 6.07) is 8.31. The number of hydrogen-bond donors (Lipinski definition) is 0. The molecule has 0 unspecified atom stereocenters. The van der Waals surface area contributed by atoms with Crippen LogP contribution in [0.25, 0.3) is 11.1 Å². The van der Waals surface area contributed by atoms with E-state index in [1.807, 2.05) is 0 Å². The van der Waals surface area contributed by atoms with Gasteiger partial charge in [0.05, 0.1) is 35.4 Å². The van der Waals surface area contributed by atoms with E-state index in [4.69, 9.17) is 32.7 Å². The zero-order chi connectivity index (χ0) is 17.1. The molecule has 0 aliphatic rings. The van der Waals surface area contributed by atoms with Crippen molar-refractivity contribution >= 4 is 35.1 Å². The molecule has 2 aromatic carbocycles. The van der Waals surface area contributed by atoms with Crippen LogP contribution >= 0.6 is 23.2 Å². The summed E-state index contributed by atoms with van der Waals surface area (Å²) in [5.41, 5.74) is 2.19. The van der Waals surface area contributed by atoms with E-state index in [0.717, 1.165) is 0 Å². The smallest absolute Gasteiger partial charge is 0.339 e. The van der Waals surface area contributed by atoms with Crippen molar-refractivity contribution in [2.75, 3.05) is 14.2 Å². The Morgan fingerprint density at radius 3 is 2.17 bits per heavy atom. The standard InChI is InChI=1S/C17H14Cl2O4/c1-9-14(10-6-4-5-7-11(10)16(20)22-2)12(18)8-13(19)15(9)17(21)23-3/h4-8H,1-3H3. The van der Waals surface area contributed by atoms with E-state index in [2.05, 4.69) is 0 Å². The van der Waals surface area contributed by atoms with Crippen molar-refractivity contribution in [1.82, 2.24) is 0 Å². The molecule has 0 fully saturated rings. The molecule has 0 saturated heterocycles. The van der Waals surface area contributed by atoms with Crippen LogP contribution < -0.4 is 0 Å². The summed E-state index contributed by atoms with van der Waals surface area (Å²) >= 11 is 12.4. The summed E-state index contributed by atoms with van der Waals surface area (Å²) in [5, 5.41) is 0.523. The minimum absolute atomic E-state index is 0.193. The van der Waals surface area contributed by atoms with Crippen molar-refractivity contribution in [2.24, 2.45) is 0 Å². The van der Waals surface area contributed by atoms with Gasteiger partial charge in [0.2, 0.25) is 0 Å². The van der Waals surface area contributed by atoms with Gasteiger partial charge in [0, 0.05) is 5.56 Å². The normalized spacial score (nSPS) is 10.3. The average molecular weight is 353 g/mol. The third-order valence-electron chi connectivity index (χ3n) is 3.47. The Labute approximate surface area is 143 Å². The molecule has 4 nitrogen and oxygen atoms in total. The van der Waals surface area contributed by atoms with Crippen LogP contribution in [0.5, 0.6) is 0 Å². The molecule has 0 radical (unpaired) electrons. The van der Waals surface area contributed by atoms with Gasteiger partial charge < -0.3 is 9.47 Å². The number of rotatable bonds is 3. The van der Waals surface area contributed by atoms with Crippen molar-refractivity contribution in [3.05, 3.63) is 57.1 Å². The molecule has 0 heterocycles. The van der Waals surface area contributed by atoms with Gasteiger partial charge in [0.1, 0.15) is 0 Å². The van der Waals surface area contributed by atoms with Crippen molar-refractivity contribution in [1.29, 1.82) is 0 Å². The second kappa shape index (κ2) is 7.02. The molecule has 0 saturated carbocycles. The van der Waals surface area contributed by atoms with Crippen LogP contribution in [0.4, 0.5) is 0 Å². The second-order valence-electron chi connectivity index (χ2n) is 4.74. The molecule has 0 aliphatic carbocycles. The Bertz CT molecular complexity index is 784. The summed E-state index contributed by atoms with van der Waals surface area (Å²) in [5.74, 6) is -1.06. The molecule has 0 spiro atoms. The fourth-order valence-electron chi connectivity index (χ4n) is 2.41. The molecule has 2 aromatic rings. The molecule has 23 heavy (non-hydrogen) atoms. The van der Waals surface area contributed by atoms with Crippen LogP contribution in [0.2, 0.25) is 10.0 Å². The summed E-state index contributed by atoms with van der Waals surface area (Å²) in [6.07, 6.45) is 0. The summed E-state index contributed by atoms with van der Waals surface area (Å²) in [7, 11) is 2.57. The van der Waals surface area contributed by atoms with Crippen LogP contribution in [-0.2, 0) is 9.47 Å². The molecule has 0 amide bonds. The molecule has 0 aliphatic heterocycles. The summed E-state index contributed by atoms with van der Waals surface area (Å²) in [4.78, 5) is 24.0. The monoisotopic (exact) mass is 352 g/mol. The molecule has 0 atom stereocenters. The van der Waals surface area contributed by atoms with E-state index in [-0.39, 0.29) is 10.6 Å². The number of benzene rings is 2. The van der Waals surface area contributed by atoms with Gasteiger partial charge in [-0.3, -0.25) is 0 Å². The lowest BCUT2D eigenvalue weighted by molar-refractivity contribution is 0.0592. The Morgan fingerprint density at radius 2 is 1.57 bits per heavy atom. The largest absolute Gasteiger partial charge is 0.465 e. The maximum absolute atomic E-state index is 12.0. The highest BCUT2D eigenvalue weighted by atomic mass is 35.5. The van der Waals surface area contributed by atoms with Crippen LogP contribution in [0, 0.1) is 6.92 Å². The Morgan fingerprint density at radius 1 is 0.957 bits per heavy atom. The predicted molar refractivity (Wildman–Crippen MR) is 89.3 cm³/mol. The summed E-state index contributed by atoms with van der Waals surface area (Å²) < 4.78 is 9.57. The van der Waals surface area contributed by atoms with Gasteiger partial charge in [-0.25, -0.2) is 9.59 Å². The van der Waals surface area contributed by atoms with Crippen molar-refractivity contribution in [2.45, 2.75) is 6.92 Å². The fraction of sp³-hybridized carbons (Fsp3) is 0.176. The number of carbonyl (C=O) groups excluding carboxylic acids is 2. The van der Waals surface area contributed by atoms with Gasteiger partial charge >= 0.3 is 11.9 Å². The highest BCUT2D eigenvalue weighted by Crippen LogP contribution is 2.38. The fourth-order valence-corrected chi connectivity index (χ4v) is 3.15. The van der Waals surface area contributed by atoms with Gasteiger partial charge in [0.25, 0.3) is 0 Å². The van der Waals surface area contributed by atoms with Crippen LogP contribution in [-0.4, -0.2) is 26.2 Å². The molecule has 120 valence electrons. The maximum atomic E-state index is 12.0.